The van der Waals surface area contributed by atoms with Gasteiger partial charge >= 0.3 is 0 Å². The van der Waals surface area contributed by atoms with Crippen LogP contribution in [0.2, 0.25) is 0 Å². The molecule has 0 saturated carbocycles. The minimum absolute atomic E-state index is 0.103. The number of carbonyl (C=O) groups excluding carboxylic acids is 1. The highest BCUT2D eigenvalue weighted by Crippen LogP contribution is 2.30. The van der Waals surface area contributed by atoms with Crippen LogP contribution in [0.5, 0.6) is 11.5 Å². The number of nitrogens with two attached hydrogens (primary N) is 1. The van der Waals surface area contributed by atoms with Gasteiger partial charge < -0.3 is 20.5 Å². The summed E-state index contributed by atoms with van der Waals surface area (Å²) in [6.07, 6.45) is 2.74. The highest BCUT2D eigenvalue weighted by atomic mass is 16.6. The van der Waals surface area contributed by atoms with E-state index in [1.54, 1.807) is 0 Å². The van der Waals surface area contributed by atoms with E-state index < -0.39 is 6.04 Å². The van der Waals surface area contributed by atoms with Crippen molar-refractivity contribution < 1.29 is 14.3 Å². The van der Waals surface area contributed by atoms with Gasteiger partial charge in [-0.1, -0.05) is 25.8 Å². The predicted octanol–water partition coefficient (Wildman–Crippen LogP) is 1.59. The Kier molecular flexibility index (Phi) is 5.24. The molecule has 0 spiro atoms. The SMILES string of the molecule is CCCC[C@H](N)C(=O)NCc1ccc2c(c1)OCCO2. The van der Waals surface area contributed by atoms with Gasteiger partial charge in [-0.15, -0.1) is 0 Å². The van der Waals surface area contributed by atoms with Crippen LogP contribution in [0.1, 0.15) is 31.7 Å². The maximum atomic E-state index is 11.8. The maximum Gasteiger partial charge on any atom is 0.237 e. The van der Waals surface area contributed by atoms with Gasteiger partial charge in [0.1, 0.15) is 13.2 Å². The second-order valence-corrected chi connectivity index (χ2v) is 4.94. The summed E-state index contributed by atoms with van der Waals surface area (Å²) >= 11 is 0. The number of hydrogen-bond donors (Lipinski definition) is 2. The summed E-state index contributed by atoms with van der Waals surface area (Å²) < 4.78 is 11.0. The van der Waals surface area contributed by atoms with E-state index in [1.807, 2.05) is 18.2 Å². The van der Waals surface area contributed by atoms with Crippen molar-refractivity contribution in [3.05, 3.63) is 23.8 Å². The van der Waals surface area contributed by atoms with Gasteiger partial charge in [-0.25, -0.2) is 0 Å². The molecule has 5 nitrogen and oxygen atoms in total. The minimum atomic E-state index is -0.424. The van der Waals surface area contributed by atoms with E-state index in [2.05, 4.69) is 12.2 Å². The average molecular weight is 278 g/mol. The fourth-order valence-electron chi connectivity index (χ4n) is 2.07. The number of rotatable bonds is 6. The molecule has 20 heavy (non-hydrogen) atoms. The molecule has 0 aliphatic carbocycles. The van der Waals surface area contributed by atoms with Crippen molar-refractivity contribution >= 4 is 5.91 Å². The average Bonchev–Trinajstić information content (AvgIpc) is 2.50. The number of unbranched alkanes of at least 4 members (excludes halogenated alkanes) is 1. The van der Waals surface area contributed by atoms with Gasteiger partial charge in [0.2, 0.25) is 5.91 Å². The zero-order valence-electron chi connectivity index (χ0n) is 11.9. The monoisotopic (exact) mass is 278 g/mol. The lowest BCUT2D eigenvalue weighted by molar-refractivity contribution is -0.122. The Hall–Kier alpha value is -1.75. The Morgan fingerprint density at radius 1 is 1.35 bits per heavy atom. The topological polar surface area (TPSA) is 73.6 Å². The summed E-state index contributed by atoms with van der Waals surface area (Å²) in [6, 6.07) is 5.26. The number of amides is 1. The van der Waals surface area contributed by atoms with Gasteiger partial charge in [0, 0.05) is 6.54 Å². The van der Waals surface area contributed by atoms with Gasteiger partial charge in [-0.05, 0) is 24.1 Å². The van der Waals surface area contributed by atoms with E-state index in [4.69, 9.17) is 15.2 Å². The van der Waals surface area contributed by atoms with Crippen LogP contribution in [-0.4, -0.2) is 25.2 Å². The zero-order valence-corrected chi connectivity index (χ0v) is 11.9. The molecule has 0 bridgehead atoms. The van der Waals surface area contributed by atoms with Gasteiger partial charge in [0.05, 0.1) is 6.04 Å². The molecular formula is C15H22N2O3. The Labute approximate surface area is 119 Å². The lowest BCUT2D eigenvalue weighted by atomic mass is 10.1. The zero-order chi connectivity index (χ0) is 14.4. The Morgan fingerprint density at radius 3 is 2.85 bits per heavy atom. The molecule has 1 aliphatic heterocycles. The van der Waals surface area contributed by atoms with Crippen molar-refractivity contribution in [1.29, 1.82) is 0 Å². The van der Waals surface area contributed by atoms with Crippen molar-refractivity contribution in [2.75, 3.05) is 13.2 Å². The molecule has 0 fully saturated rings. The molecule has 110 valence electrons. The number of carbonyl (C=O) groups is 1. The van der Waals surface area contributed by atoms with E-state index >= 15 is 0 Å². The molecule has 0 unspecified atom stereocenters. The number of benzene rings is 1. The van der Waals surface area contributed by atoms with E-state index in [1.165, 1.54) is 0 Å². The lowest BCUT2D eigenvalue weighted by Gasteiger charge is -2.19. The predicted molar refractivity (Wildman–Crippen MR) is 76.8 cm³/mol. The number of ether oxygens (including phenoxy) is 2. The first-order valence-corrected chi connectivity index (χ1v) is 7.12. The van der Waals surface area contributed by atoms with E-state index in [9.17, 15) is 4.79 Å². The smallest absolute Gasteiger partial charge is 0.237 e. The third-order valence-electron chi connectivity index (χ3n) is 3.28. The maximum absolute atomic E-state index is 11.8. The lowest BCUT2D eigenvalue weighted by Crippen LogP contribution is -2.40. The first-order chi connectivity index (χ1) is 9.70. The normalized spacial score (nSPS) is 14.7. The largest absolute Gasteiger partial charge is 0.486 e. The molecule has 1 aliphatic rings. The van der Waals surface area contributed by atoms with Crippen LogP contribution in [0.3, 0.4) is 0 Å². The van der Waals surface area contributed by atoms with Crippen LogP contribution in [0.15, 0.2) is 18.2 Å². The molecule has 1 heterocycles. The Morgan fingerprint density at radius 2 is 2.10 bits per heavy atom. The second kappa shape index (κ2) is 7.14. The standard InChI is InChI=1S/C15H22N2O3/c1-2-3-4-12(16)15(18)17-10-11-5-6-13-14(9-11)20-8-7-19-13/h5-6,9,12H,2-4,7-8,10,16H2,1H3,(H,17,18)/t12-/m0/s1. The van der Waals surface area contributed by atoms with Crippen molar-refractivity contribution in [2.24, 2.45) is 5.73 Å². The van der Waals surface area contributed by atoms with E-state index in [-0.39, 0.29) is 5.91 Å². The van der Waals surface area contributed by atoms with Crippen LogP contribution < -0.4 is 20.5 Å². The highest BCUT2D eigenvalue weighted by molar-refractivity contribution is 5.81. The first kappa shape index (κ1) is 14.7. The van der Waals surface area contributed by atoms with Crippen molar-refractivity contribution in [3.63, 3.8) is 0 Å². The quantitative estimate of drug-likeness (QED) is 0.829. The molecule has 1 amide bonds. The molecule has 1 atom stereocenters. The van der Waals surface area contributed by atoms with Gasteiger partial charge in [0.15, 0.2) is 11.5 Å². The van der Waals surface area contributed by atoms with Gasteiger partial charge in [-0.2, -0.15) is 0 Å². The molecule has 3 N–H and O–H groups in total. The number of nitrogens with one attached hydrogen (secondary N) is 1. The molecule has 2 rings (SSSR count). The third kappa shape index (κ3) is 3.87. The summed E-state index contributed by atoms with van der Waals surface area (Å²) in [6.45, 7) is 3.68. The van der Waals surface area contributed by atoms with E-state index in [0.29, 0.717) is 19.8 Å². The number of fused-ring (bicyclic) bond motifs is 1. The summed E-state index contributed by atoms with van der Waals surface area (Å²) in [7, 11) is 0. The Bertz CT molecular complexity index is 462. The summed E-state index contributed by atoms with van der Waals surface area (Å²) in [5.74, 6) is 1.39. The van der Waals surface area contributed by atoms with Crippen LogP contribution >= 0.6 is 0 Å². The molecule has 5 heteroatoms. The fraction of sp³-hybridized carbons (Fsp3) is 0.533. The molecule has 0 radical (unpaired) electrons. The molecule has 1 aromatic rings. The van der Waals surface area contributed by atoms with Gasteiger partial charge in [0.25, 0.3) is 0 Å². The molecule has 1 aromatic carbocycles. The molecule has 0 aromatic heterocycles. The summed E-state index contributed by atoms with van der Waals surface area (Å²) in [4.78, 5) is 11.8. The van der Waals surface area contributed by atoms with Crippen LogP contribution in [0, 0.1) is 0 Å². The summed E-state index contributed by atoms with van der Waals surface area (Å²) in [5, 5.41) is 2.85. The van der Waals surface area contributed by atoms with Crippen LogP contribution in [-0.2, 0) is 11.3 Å². The third-order valence-corrected chi connectivity index (χ3v) is 3.28. The number of hydrogen-bond acceptors (Lipinski definition) is 4. The molecule has 0 saturated heterocycles. The van der Waals surface area contributed by atoms with Crippen molar-refractivity contribution in [2.45, 2.75) is 38.8 Å². The van der Waals surface area contributed by atoms with Gasteiger partial charge in [-0.3, -0.25) is 4.79 Å². The second-order valence-electron chi connectivity index (χ2n) is 4.94. The Balaban J connectivity index is 1.86. The van der Waals surface area contributed by atoms with Crippen LogP contribution in [0.4, 0.5) is 0 Å². The van der Waals surface area contributed by atoms with Crippen molar-refractivity contribution in [3.8, 4) is 11.5 Å². The highest BCUT2D eigenvalue weighted by Gasteiger charge is 2.14. The van der Waals surface area contributed by atoms with Crippen LogP contribution in [0.25, 0.3) is 0 Å². The fourth-order valence-corrected chi connectivity index (χ4v) is 2.07. The van der Waals surface area contributed by atoms with E-state index in [0.717, 1.165) is 36.3 Å². The van der Waals surface area contributed by atoms with Crippen molar-refractivity contribution in [1.82, 2.24) is 5.32 Å². The first-order valence-electron chi connectivity index (χ1n) is 7.12. The summed E-state index contributed by atoms with van der Waals surface area (Å²) in [5.41, 5.74) is 6.80. The molecular weight excluding hydrogens is 256 g/mol. The minimum Gasteiger partial charge on any atom is -0.486 e.